The van der Waals surface area contributed by atoms with Gasteiger partial charge in [-0.2, -0.15) is 0 Å². The van der Waals surface area contributed by atoms with Crippen LogP contribution in [0.1, 0.15) is 29.0 Å². The smallest absolute Gasteiger partial charge is 0.120 e. The number of nitrogens with one attached hydrogen (secondary N) is 1. The van der Waals surface area contributed by atoms with E-state index in [0.717, 1.165) is 18.7 Å². The van der Waals surface area contributed by atoms with Crippen molar-refractivity contribution < 1.29 is 4.74 Å². The van der Waals surface area contributed by atoms with E-state index in [1.807, 2.05) is 35.6 Å². The lowest BCUT2D eigenvalue weighted by atomic mass is 10.0. The van der Waals surface area contributed by atoms with E-state index in [9.17, 15) is 0 Å². The van der Waals surface area contributed by atoms with Crippen molar-refractivity contribution in [3.8, 4) is 5.75 Å². The second-order valence-electron chi connectivity index (χ2n) is 5.74. The normalized spacial score (nSPS) is 12.0. The van der Waals surface area contributed by atoms with Crippen LogP contribution in [0.15, 0.2) is 72.1 Å². The summed E-state index contributed by atoms with van der Waals surface area (Å²) in [6, 6.07) is 23.3. The van der Waals surface area contributed by atoms with Gasteiger partial charge in [0.15, 0.2) is 0 Å². The number of thiophene rings is 1. The molecule has 0 amide bonds. The minimum Gasteiger partial charge on any atom is -0.489 e. The van der Waals surface area contributed by atoms with Gasteiger partial charge in [0, 0.05) is 17.3 Å². The van der Waals surface area contributed by atoms with E-state index >= 15 is 0 Å². The van der Waals surface area contributed by atoms with Gasteiger partial charge in [-0.25, -0.2) is 0 Å². The summed E-state index contributed by atoms with van der Waals surface area (Å²) in [6.45, 7) is 3.70. The van der Waals surface area contributed by atoms with Gasteiger partial charge < -0.3 is 10.1 Å². The number of benzene rings is 2. The van der Waals surface area contributed by atoms with Crippen molar-refractivity contribution in [2.24, 2.45) is 0 Å². The van der Waals surface area contributed by atoms with Crippen LogP contribution in [0.5, 0.6) is 5.75 Å². The van der Waals surface area contributed by atoms with Gasteiger partial charge >= 0.3 is 0 Å². The fourth-order valence-corrected chi connectivity index (χ4v) is 3.50. The Morgan fingerprint density at radius 2 is 1.88 bits per heavy atom. The Balaban J connectivity index is 1.70. The lowest BCUT2D eigenvalue weighted by molar-refractivity contribution is 0.305. The summed E-state index contributed by atoms with van der Waals surface area (Å²) in [7, 11) is 0. The van der Waals surface area contributed by atoms with Gasteiger partial charge in [-0.3, -0.25) is 0 Å². The number of hydrogen-bond donors (Lipinski definition) is 1. The predicted molar refractivity (Wildman–Crippen MR) is 102 cm³/mol. The first-order valence-electron chi connectivity index (χ1n) is 8.37. The Bertz CT molecular complexity index is 725. The number of ether oxygens (including phenoxy) is 1. The third-order valence-electron chi connectivity index (χ3n) is 3.94. The van der Waals surface area contributed by atoms with Crippen LogP contribution in [0.4, 0.5) is 0 Å². The monoisotopic (exact) mass is 337 g/mol. The average Bonchev–Trinajstić information content (AvgIpc) is 3.14. The molecule has 1 aromatic heterocycles. The van der Waals surface area contributed by atoms with Crippen molar-refractivity contribution >= 4 is 11.3 Å². The van der Waals surface area contributed by atoms with E-state index in [1.54, 1.807) is 0 Å². The largest absolute Gasteiger partial charge is 0.489 e. The zero-order chi connectivity index (χ0) is 16.6. The van der Waals surface area contributed by atoms with Crippen molar-refractivity contribution in [1.82, 2.24) is 5.32 Å². The first-order chi connectivity index (χ1) is 11.8. The van der Waals surface area contributed by atoms with Crippen LogP contribution in [0.3, 0.4) is 0 Å². The second-order valence-corrected chi connectivity index (χ2v) is 6.77. The van der Waals surface area contributed by atoms with Crippen LogP contribution < -0.4 is 10.1 Å². The third kappa shape index (κ3) is 4.70. The Labute approximate surface area is 148 Å². The Morgan fingerprint density at radius 1 is 1.00 bits per heavy atom. The molecule has 1 heterocycles. The van der Waals surface area contributed by atoms with Crippen LogP contribution in [-0.2, 0) is 13.0 Å². The molecule has 2 aromatic carbocycles. The zero-order valence-electron chi connectivity index (χ0n) is 13.9. The highest BCUT2D eigenvalue weighted by atomic mass is 32.1. The van der Waals surface area contributed by atoms with Crippen molar-refractivity contribution in [2.75, 3.05) is 6.54 Å². The van der Waals surface area contributed by atoms with Gasteiger partial charge in [0.05, 0.1) is 0 Å². The molecule has 0 spiro atoms. The van der Waals surface area contributed by atoms with Crippen molar-refractivity contribution in [3.05, 3.63) is 88.1 Å². The van der Waals surface area contributed by atoms with Crippen LogP contribution in [0.2, 0.25) is 0 Å². The molecule has 0 saturated carbocycles. The van der Waals surface area contributed by atoms with Gasteiger partial charge in [-0.15, -0.1) is 11.3 Å². The quantitative estimate of drug-likeness (QED) is 0.608. The maximum absolute atomic E-state index is 5.97. The van der Waals surface area contributed by atoms with Gasteiger partial charge in [0.25, 0.3) is 0 Å². The van der Waals surface area contributed by atoms with Gasteiger partial charge in [0.2, 0.25) is 0 Å². The molecule has 2 nitrogen and oxygen atoms in total. The predicted octanol–water partition coefficient (Wildman–Crippen LogP) is 5.22. The SMILES string of the molecule is CCNC(Cc1cccs1)c1cccc(OCc2ccccc2)c1. The molecule has 0 aliphatic rings. The highest BCUT2D eigenvalue weighted by Crippen LogP contribution is 2.25. The van der Waals surface area contributed by atoms with Crippen molar-refractivity contribution in [3.63, 3.8) is 0 Å². The Morgan fingerprint density at radius 3 is 2.62 bits per heavy atom. The molecule has 0 aliphatic carbocycles. The van der Waals surface area contributed by atoms with Gasteiger partial charge in [-0.05, 0) is 41.3 Å². The molecule has 0 radical (unpaired) electrons. The van der Waals surface area contributed by atoms with E-state index in [-0.39, 0.29) is 0 Å². The Kier molecular flexibility index (Phi) is 6.05. The summed E-state index contributed by atoms with van der Waals surface area (Å²) in [4.78, 5) is 1.40. The van der Waals surface area contributed by atoms with E-state index in [0.29, 0.717) is 12.6 Å². The molecule has 0 aliphatic heterocycles. The molecule has 1 N–H and O–H groups in total. The summed E-state index contributed by atoms with van der Waals surface area (Å²) in [5, 5.41) is 5.73. The molecule has 3 rings (SSSR count). The summed E-state index contributed by atoms with van der Waals surface area (Å²) in [5.41, 5.74) is 2.46. The molecular weight excluding hydrogens is 314 g/mol. The fraction of sp³-hybridized carbons (Fsp3) is 0.238. The number of hydrogen-bond acceptors (Lipinski definition) is 3. The minimum absolute atomic E-state index is 0.314. The molecule has 1 atom stereocenters. The molecule has 1 unspecified atom stereocenters. The second kappa shape index (κ2) is 8.67. The van der Waals surface area contributed by atoms with Crippen LogP contribution in [-0.4, -0.2) is 6.54 Å². The summed E-state index contributed by atoms with van der Waals surface area (Å²) in [5.74, 6) is 0.922. The average molecular weight is 337 g/mol. The van der Waals surface area contributed by atoms with E-state index in [2.05, 4.69) is 60.1 Å². The molecule has 0 bridgehead atoms. The maximum Gasteiger partial charge on any atom is 0.120 e. The highest BCUT2D eigenvalue weighted by molar-refractivity contribution is 7.09. The molecule has 3 heteroatoms. The summed E-state index contributed by atoms with van der Waals surface area (Å²) >= 11 is 1.81. The minimum atomic E-state index is 0.314. The standard InChI is InChI=1S/C21H23NOS/c1-2-22-21(15-20-12-7-13-24-20)18-10-6-11-19(14-18)23-16-17-8-4-3-5-9-17/h3-14,21-22H,2,15-16H2,1H3. The Hall–Kier alpha value is -2.10. The maximum atomic E-state index is 5.97. The molecular formula is C21H23NOS. The highest BCUT2D eigenvalue weighted by Gasteiger charge is 2.12. The van der Waals surface area contributed by atoms with E-state index in [4.69, 9.17) is 4.74 Å². The van der Waals surface area contributed by atoms with Crippen LogP contribution in [0.25, 0.3) is 0 Å². The van der Waals surface area contributed by atoms with E-state index < -0.39 is 0 Å². The summed E-state index contributed by atoms with van der Waals surface area (Å²) in [6.07, 6.45) is 1.01. The van der Waals surface area contributed by atoms with E-state index in [1.165, 1.54) is 16.0 Å². The molecule has 24 heavy (non-hydrogen) atoms. The first-order valence-corrected chi connectivity index (χ1v) is 9.25. The summed E-state index contributed by atoms with van der Waals surface area (Å²) < 4.78 is 5.97. The third-order valence-corrected chi connectivity index (χ3v) is 4.84. The van der Waals surface area contributed by atoms with Crippen molar-refractivity contribution in [2.45, 2.75) is 26.0 Å². The molecule has 124 valence electrons. The molecule has 3 aromatic rings. The first kappa shape index (κ1) is 16.7. The number of likely N-dealkylation sites (N-methyl/N-ethyl adjacent to an activating group) is 1. The zero-order valence-corrected chi connectivity index (χ0v) is 14.8. The molecule has 0 saturated heterocycles. The topological polar surface area (TPSA) is 21.3 Å². The lowest BCUT2D eigenvalue weighted by Gasteiger charge is -2.18. The van der Waals surface area contributed by atoms with Crippen LogP contribution in [0, 0.1) is 0 Å². The number of rotatable bonds is 8. The van der Waals surface area contributed by atoms with Crippen LogP contribution >= 0.6 is 11.3 Å². The van der Waals surface area contributed by atoms with Gasteiger partial charge in [-0.1, -0.05) is 55.5 Å². The fourth-order valence-electron chi connectivity index (χ4n) is 2.75. The van der Waals surface area contributed by atoms with Crippen molar-refractivity contribution in [1.29, 1.82) is 0 Å². The molecule has 0 fully saturated rings. The lowest BCUT2D eigenvalue weighted by Crippen LogP contribution is -2.22. The van der Waals surface area contributed by atoms with Gasteiger partial charge in [0.1, 0.15) is 12.4 Å².